The van der Waals surface area contributed by atoms with Gasteiger partial charge in [0.15, 0.2) is 5.78 Å². The Kier molecular flexibility index (Phi) is 5.44. The Bertz CT molecular complexity index is 1110. The molecule has 1 amide bonds. The van der Waals surface area contributed by atoms with Crippen LogP contribution in [0.15, 0.2) is 79.5 Å². The normalized spacial score (nSPS) is 15.8. The maximum absolute atomic E-state index is 13.0. The lowest BCUT2D eigenvalue weighted by atomic mass is 9.98. The second-order valence-corrected chi connectivity index (χ2v) is 7.22. The van der Waals surface area contributed by atoms with Crippen LogP contribution in [0.1, 0.15) is 34.0 Å². The minimum Gasteiger partial charge on any atom is -0.496 e. The number of amides is 1. The largest absolute Gasteiger partial charge is 0.496 e. The van der Waals surface area contributed by atoms with Crippen molar-refractivity contribution in [2.45, 2.75) is 12.3 Å². The van der Waals surface area contributed by atoms with Crippen LogP contribution in [0.4, 0.5) is 5.69 Å². The predicted molar refractivity (Wildman–Crippen MR) is 117 cm³/mol. The average molecular weight is 398 g/mol. The number of pyridine rings is 1. The van der Waals surface area contributed by atoms with Gasteiger partial charge in [0.25, 0.3) is 0 Å². The number of nitrogens with zero attached hydrogens (tertiary/aromatic N) is 2. The molecule has 2 aromatic carbocycles. The third-order valence-electron chi connectivity index (χ3n) is 5.39. The van der Waals surface area contributed by atoms with E-state index in [-0.39, 0.29) is 23.2 Å². The second-order valence-electron chi connectivity index (χ2n) is 7.22. The van der Waals surface area contributed by atoms with Gasteiger partial charge in [0, 0.05) is 36.3 Å². The molecule has 30 heavy (non-hydrogen) atoms. The van der Waals surface area contributed by atoms with Crippen molar-refractivity contribution in [2.24, 2.45) is 0 Å². The molecule has 3 aromatic rings. The van der Waals surface area contributed by atoms with Crippen LogP contribution in [0.2, 0.25) is 0 Å². The Morgan fingerprint density at radius 3 is 2.60 bits per heavy atom. The Hall–Kier alpha value is -3.73. The first kappa shape index (κ1) is 19.6. The molecule has 1 aromatic heterocycles. The summed E-state index contributed by atoms with van der Waals surface area (Å²) in [5.74, 6) is 0.434. The van der Waals surface area contributed by atoms with Gasteiger partial charge in [0.2, 0.25) is 5.91 Å². The van der Waals surface area contributed by atoms with Crippen LogP contribution in [0.5, 0.6) is 5.75 Å². The molecular weight excluding hydrogens is 376 g/mol. The second kappa shape index (κ2) is 8.33. The van der Waals surface area contributed by atoms with Crippen molar-refractivity contribution < 1.29 is 14.3 Å². The first-order valence-electron chi connectivity index (χ1n) is 9.77. The van der Waals surface area contributed by atoms with Gasteiger partial charge >= 0.3 is 0 Å². The van der Waals surface area contributed by atoms with Crippen molar-refractivity contribution in [3.63, 3.8) is 0 Å². The van der Waals surface area contributed by atoms with Crippen molar-refractivity contribution in [3.05, 3.63) is 96.3 Å². The van der Waals surface area contributed by atoms with E-state index in [0.717, 1.165) is 11.3 Å². The molecule has 1 fully saturated rings. The molecule has 0 radical (unpaired) electrons. The van der Waals surface area contributed by atoms with Gasteiger partial charge in [-0.25, -0.2) is 0 Å². The number of rotatable bonds is 6. The van der Waals surface area contributed by atoms with Crippen LogP contribution >= 0.6 is 0 Å². The molecule has 5 nitrogen and oxygen atoms in total. The summed E-state index contributed by atoms with van der Waals surface area (Å²) < 4.78 is 5.29. The van der Waals surface area contributed by atoms with E-state index in [1.807, 2.05) is 30.3 Å². The molecule has 4 rings (SSSR count). The molecule has 0 bridgehead atoms. The minimum absolute atomic E-state index is 0.0580. The molecule has 0 saturated carbocycles. The third-order valence-corrected chi connectivity index (χ3v) is 5.39. The predicted octanol–water partition coefficient (Wildman–Crippen LogP) is 4.51. The zero-order valence-corrected chi connectivity index (χ0v) is 16.7. The minimum atomic E-state index is -0.257. The maximum Gasteiger partial charge on any atom is 0.227 e. The first-order chi connectivity index (χ1) is 14.6. The number of benzene rings is 2. The van der Waals surface area contributed by atoms with Gasteiger partial charge in [-0.1, -0.05) is 49.0 Å². The van der Waals surface area contributed by atoms with Crippen molar-refractivity contribution in [1.82, 2.24) is 4.98 Å². The molecule has 150 valence electrons. The first-order valence-corrected chi connectivity index (χ1v) is 9.77. The number of ketones is 1. The molecular formula is C25H22N2O3. The molecule has 1 aliphatic heterocycles. The topological polar surface area (TPSA) is 59.5 Å². The van der Waals surface area contributed by atoms with E-state index >= 15 is 0 Å². The zero-order chi connectivity index (χ0) is 21.1. The maximum atomic E-state index is 13.0. The summed E-state index contributed by atoms with van der Waals surface area (Å²) in [7, 11) is 1.52. The monoisotopic (exact) mass is 398 g/mol. The summed E-state index contributed by atoms with van der Waals surface area (Å²) in [6, 6.07) is 20.6. The van der Waals surface area contributed by atoms with Gasteiger partial charge in [-0.2, -0.15) is 0 Å². The number of carbonyl (C=O) groups excluding carboxylic acids is 2. The number of Topliss-reactive ketones (excluding diaryl/α,β-unsaturated/α-hetero) is 1. The molecule has 0 N–H and O–H groups in total. The van der Waals surface area contributed by atoms with E-state index in [4.69, 9.17) is 4.74 Å². The molecule has 2 heterocycles. The Labute approximate surface area is 175 Å². The highest BCUT2D eigenvalue weighted by molar-refractivity contribution is 6.29. The summed E-state index contributed by atoms with van der Waals surface area (Å²) in [5.41, 5.74) is 3.00. The van der Waals surface area contributed by atoms with E-state index in [2.05, 4.69) is 11.6 Å². The van der Waals surface area contributed by atoms with Crippen LogP contribution in [-0.4, -0.2) is 30.3 Å². The van der Waals surface area contributed by atoms with Crippen LogP contribution in [0.3, 0.4) is 0 Å². The van der Waals surface area contributed by atoms with Crippen LogP contribution in [0, 0.1) is 0 Å². The van der Waals surface area contributed by atoms with Gasteiger partial charge < -0.3 is 9.64 Å². The fourth-order valence-corrected chi connectivity index (χ4v) is 3.77. The number of methoxy groups -OCH3 is 1. The third kappa shape index (κ3) is 3.74. The summed E-state index contributed by atoms with van der Waals surface area (Å²) in [4.78, 5) is 31.7. The highest BCUT2D eigenvalue weighted by atomic mass is 16.5. The Balaban J connectivity index is 1.58. The van der Waals surface area contributed by atoms with Crippen molar-refractivity contribution >= 4 is 23.0 Å². The van der Waals surface area contributed by atoms with Crippen molar-refractivity contribution in [3.8, 4) is 5.75 Å². The number of carbonyl (C=O) groups is 2. The molecule has 0 aliphatic carbocycles. The summed E-state index contributed by atoms with van der Waals surface area (Å²) in [5, 5.41) is 0. The fraction of sp³-hybridized carbons (Fsp3) is 0.160. The van der Waals surface area contributed by atoms with Crippen LogP contribution in [-0.2, 0) is 4.79 Å². The number of anilines is 1. The van der Waals surface area contributed by atoms with E-state index in [1.54, 1.807) is 47.5 Å². The summed E-state index contributed by atoms with van der Waals surface area (Å²) in [6.07, 6.45) is 2.07. The number of ether oxygens (including phenoxy) is 1. The van der Waals surface area contributed by atoms with Gasteiger partial charge in [0.05, 0.1) is 18.4 Å². The van der Waals surface area contributed by atoms with Gasteiger partial charge in [-0.05, 0) is 29.8 Å². The fourth-order valence-electron chi connectivity index (χ4n) is 3.77. The van der Waals surface area contributed by atoms with Crippen molar-refractivity contribution in [1.29, 1.82) is 0 Å². The summed E-state index contributed by atoms with van der Waals surface area (Å²) >= 11 is 0. The van der Waals surface area contributed by atoms with E-state index in [9.17, 15) is 9.59 Å². The van der Waals surface area contributed by atoms with Crippen molar-refractivity contribution in [2.75, 3.05) is 18.6 Å². The Morgan fingerprint density at radius 1 is 1.10 bits per heavy atom. The average Bonchev–Trinajstić information content (AvgIpc) is 3.20. The number of hydrogen-bond acceptors (Lipinski definition) is 4. The standard InChI is InChI=1S/C25H22N2O3/c1-17(25(29)21-10-6-7-11-23(21)30-2)22-15-20(12-13-26-22)27-16-19(14-24(27)28)18-8-4-3-5-9-18/h3-13,15,19H,1,14,16H2,2H3. The van der Waals surface area contributed by atoms with Gasteiger partial charge in [-0.15, -0.1) is 0 Å². The lowest BCUT2D eigenvalue weighted by molar-refractivity contribution is -0.117. The number of para-hydroxylation sites is 1. The van der Waals surface area contributed by atoms with E-state index in [0.29, 0.717) is 30.0 Å². The van der Waals surface area contributed by atoms with Crippen LogP contribution < -0.4 is 9.64 Å². The van der Waals surface area contributed by atoms with Gasteiger partial charge in [-0.3, -0.25) is 14.6 Å². The highest BCUT2D eigenvalue weighted by Crippen LogP contribution is 2.33. The lowest BCUT2D eigenvalue weighted by Gasteiger charge is -2.18. The number of aromatic nitrogens is 1. The molecule has 1 saturated heterocycles. The lowest BCUT2D eigenvalue weighted by Crippen LogP contribution is -2.24. The molecule has 0 spiro atoms. The highest BCUT2D eigenvalue weighted by Gasteiger charge is 2.32. The SMILES string of the molecule is C=C(C(=O)c1ccccc1OC)c1cc(N2CC(c3ccccc3)CC2=O)ccn1. The number of hydrogen-bond donors (Lipinski definition) is 0. The molecule has 1 atom stereocenters. The molecule has 5 heteroatoms. The number of allylic oxidation sites excluding steroid dienone is 1. The summed E-state index contributed by atoms with van der Waals surface area (Å²) in [6.45, 7) is 4.55. The smallest absolute Gasteiger partial charge is 0.227 e. The molecule has 1 aliphatic rings. The zero-order valence-electron chi connectivity index (χ0n) is 16.7. The van der Waals surface area contributed by atoms with E-state index < -0.39 is 0 Å². The van der Waals surface area contributed by atoms with E-state index in [1.165, 1.54) is 7.11 Å². The van der Waals surface area contributed by atoms with Gasteiger partial charge in [0.1, 0.15) is 5.75 Å². The van der Waals surface area contributed by atoms with Crippen LogP contribution in [0.25, 0.3) is 5.57 Å². The quantitative estimate of drug-likeness (QED) is 0.453. The molecule has 1 unspecified atom stereocenters. The Morgan fingerprint density at radius 2 is 1.83 bits per heavy atom.